The summed E-state index contributed by atoms with van der Waals surface area (Å²) >= 11 is 0. The van der Waals surface area contributed by atoms with Gasteiger partial charge in [-0.25, -0.2) is 4.98 Å². The van der Waals surface area contributed by atoms with E-state index >= 15 is 0 Å². The molecule has 1 spiro atoms. The van der Waals surface area contributed by atoms with Crippen molar-refractivity contribution in [3.05, 3.63) is 35.7 Å². The topological polar surface area (TPSA) is 118 Å². The van der Waals surface area contributed by atoms with Gasteiger partial charge in [-0.1, -0.05) is 19.8 Å². The maximum atomic E-state index is 13.4. The van der Waals surface area contributed by atoms with Crippen molar-refractivity contribution in [1.29, 1.82) is 0 Å². The summed E-state index contributed by atoms with van der Waals surface area (Å²) < 4.78 is 44.1. The van der Waals surface area contributed by atoms with Crippen molar-refractivity contribution in [2.24, 2.45) is 11.8 Å². The third kappa shape index (κ3) is 5.11. The van der Waals surface area contributed by atoms with Gasteiger partial charge in [-0.2, -0.15) is 13.2 Å². The molecule has 1 saturated carbocycles. The van der Waals surface area contributed by atoms with Crippen LogP contribution < -0.4 is 16.0 Å². The second-order valence-electron chi connectivity index (χ2n) is 10.2. The molecule has 3 N–H and O–H groups in total. The van der Waals surface area contributed by atoms with Gasteiger partial charge in [0.25, 0.3) is 0 Å². The minimum Gasteiger partial charge on any atom is -0.381 e. The zero-order valence-electron chi connectivity index (χ0n) is 20.4. The van der Waals surface area contributed by atoms with Gasteiger partial charge in [0.05, 0.1) is 11.1 Å². The van der Waals surface area contributed by atoms with Crippen molar-refractivity contribution < 1.29 is 27.5 Å². The number of carbonyl (C=O) groups is 2. The lowest BCUT2D eigenvalue weighted by molar-refractivity contribution is -0.141. The van der Waals surface area contributed by atoms with E-state index in [2.05, 4.69) is 38.1 Å². The number of pyridine rings is 1. The third-order valence-corrected chi connectivity index (χ3v) is 7.77. The number of halogens is 3. The molecule has 9 nitrogen and oxygen atoms in total. The molecule has 2 aromatic heterocycles. The Balaban J connectivity index is 1.35. The van der Waals surface area contributed by atoms with E-state index in [4.69, 9.17) is 4.74 Å². The summed E-state index contributed by atoms with van der Waals surface area (Å²) in [5.41, 5.74) is -0.346. The molecule has 12 heteroatoms. The second-order valence-corrected chi connectivity index (χ2v) is 10.2. The second kappa shape index (κ2) is 9.88. The molecule has 2 aliphatic heterocycles. The number of fused-ring (bicyclic) bond motifs is 2. The standard InChI is InChI=1S/C25H29F3N6O3/c1-14-2-4-15(5-3-14)21(31-19-7-6-18(33-34-19)25(26,27)28)22(35)32-20-12-17-16(13-29-20)24(23(36)30-17)8-10-37-11-9-24/h6-7,12-15,21H,2-5,8-11H2,1H3,(H,30,36)(H,31,34)(H,29,32,35). The first-order chi connectivity index (χ1) is 17.7. The van der Waals surface area contributed by atoms with Crippen molar-refractivity contribution in [2.75, 3.05) is 29.2 Å². The number of nitrogens with zero attached hydrogens (tertiary/aromatic N) is 3. The fourth-order valence-electron chi connectivity index (χ4n) is 5.53. The van der Waals surface area contributed by atoms with E-state index in [1.807, 2.05) is 0 Å². The van der Waals surface area contributed by atoms with Gasteiger partial charge in [-0.05, 0) is 49.7 Å². The van der Waals surface area contributed by atoms with Crippen molar-refractivity contribution in [1.82, 2.24) is 15.2 Å². The summed E-state index contributed by atoms with van der Waals surface area (Å²) in [5.74, 6) is 0.405. The van der Waals surface area contributed by atoms with Gasteiger partial charge >= 0.3 is 6.18 Å². The Morgan fingerprint density at radius 3 is 2.51 bits per heavy atom. The van der Waals surface area contributed by atoms with Gasteiger partial charge in [-0.3, -0.25) is 9.59 Å². The van der Waals surface area contributed by atoms with E-state index < -0.39 is 23.3 Å². The fourth-order valence-corrected chi connectivity index (χ4v) is 5.53. The van der Waals surface area contributed by atoms with Crippen LogP contribution in [0.4, 0.5) is 30.5 Å². The van der Waals surface area contributed by atoms with Crippen LogP contribution in [0.5, 0.6) is 0 Å². The summed E-state index contributed by atoms with van der Waals surface area (Å²) in [4.78, 5) is 30.6. The molecule has 0 aromatic carbocycles. The van der Waals surface area contributed by atoms with Crippen molar-refractivity contribution >= 4 is 29.1 Å². The van der Waals surface area contributed by atoms with Crippen LogP contribution in [0.1, 0.15) is 56.7 Å². The Labute approximate surface area is 212 Å². The summed E-state index contributed by atoms with van der Waals surface area (Å²) in [6, 6.07) is 2.92. The highest BCUT2D eigenvalue weighted by atomic mass is 19.4. The molecule has 5 rings (SSSR count). The molecule has 1 saturated heterocycles. The van der Waals surface area contributed by atoms with Crippen molar-refractivity contribution in [3.8, 4) is 0 Å². The summed E-state index contributed by atoms with van der Waals surface area (Å²) in [5, 5.41) is 15.7. The number of ether oxygens (including phenoxy) is 1. The summed E-state index contributed by atoms with van der Waals surface area (Å²) in [6.07, 6.45) is 1.64. The number of rotatable bonds is 5. The van der Waals surface area contributed by atoms with E-state index in [1.165, 1.54) is 6.07 Å². The fraction of sp³-hybridized carbons (Fsp3) is 0.560. The molecular formula is C25H29F3N6O3. The average Bonchev–Trinajstić information content (AvgIpc) is 3.13. The van der Waals surface area contributed by atoms with E-state index in [0.29, 0.717) is 37.7 Å². The minimum absolute atomic E-state index is 0.0417. The zero-order valence-corrected chi connectivity index (χ0v) is 20.4. The van der Waals surface area contributed by atoms with Gasteiger partial charge in [0.2, 0.25) is 11.8 Å². The first kappa shape index (κ1) is 25.4. The number of amides is 2. The molecule has 37 heavy (non-hydrogen) atoms. The molecule has 1 aliphatic carbocycles. The van der Waals surface area contributed by atoms with Gasteiger partial charge in [0.15, 0.2) is 5.69 Å². The van der Waals surface area contributed by atoms with Crippen LogP contribution in [0, 0.1) is 11.8 Å². The predicted octanol–water partition coefficient (Wildman–Crippen LogP) is 4.14. The first-order valence-corrected chi connectivity index (χ1v) is 12.5. The number of anilines is 3. The van der Waals surface area contributed by atoms with Crippen LogP contribution >= 0.6 is 0 Å². The minimum atomic E-state index is -4.60. The third-order valence-electron chi connectivity index (χ3n) is 7.77. The van der Waals surface area contributed by atoms with Gasteiger partial charge in [-0.15, -0.1) is 10.2 Å². The molecule has 1 atom stereocenters. The number of carbonyl (C=O) groups excluding carboxylic acids is 2. The van der Waals surface area contributed by atoms with E-state index in [1.54, 1.807) is 12.3 Å². The molecule has 198 valence electrons. The van der Waals surface area contributed by atoms with Crippen LogP contribution in [0.2, 0.25) is 0 Å². The number of nitrogens with one attached hydrogen (secondary N) is 3. The number of hydrogen-bond donors (Lipinski definition) is 3. The predicted molar refractivity (Wildman–Crippen MR) is 129 cm³/mol. The molecule has 2 aromatic rings. The van der Waals surface area contributed by atoms with Crippen LogP contribution in [-0.4, -0.2) is 46.3 Å². The molecule has 2 amide bonds. The Bertz CT molecular complexity index is 1160. The zero-order chi connectivity index (χ0) is 26.2. The SMILES string of the molecule is CC1CCC(C(Nc2ccc(C(F)(F)F)nn2)C(=O)Nc2cc3c(cn2)C2(CCOCC2)C(=O)N3)CC1. The van der Waals surface area contributed by atoms with Crippen LogP contribution in [0.15, 0.2) is 24.4 Å². The monoisotopic (exact) mass is 518 g/mol. The van der Waals surface area contributed by atoms with Crippen molar-refractivity contribution in [3.63, 3.8) is 0 Å². The van der Waals surface area contributed by atoms with E-state index in [0.717, 1.165) is 37.3 Å². The number of hydrogen-bond acceptors (Lipinski definition) is 7. The number of alkyl halides is 3. The lowest BCUT2D eigenvalue weighted by Gasteiger charge is -2.32. The van der Waals surface area contributed by atoms with Crippen LogP contribution in [0.3, 0.4) is 0 Å². The van der Waals surface area contributed by atoms with Crippen LogP contribution in [-0.2, 0) is 25.9 Å². The quantitative estimate of drug-likeness (QED) is 0.545. The highest BCUT2D eigenvalue weighted by Gasteiger charge is 2.48. The first-order valence-electron chi connectivity index (χ1n) is 12.5. The molecule has 2 fully saturated rings. The Morgan fingerprint density at radius 1 is 1.14 bits per heavy atom. The normalized spacial score (nSPS) is 23.7. The van der Waals surface area contributed by atoms with Gasteiger partial charge < -0.3 is 20.7 Å². The molecule has 3 aliphatic rings. The van der Waals surface area contributed by atoms with Crippen LogP contribution in [0.25, 0.3) is 0 Å². The molecule has 4 heterocycles. The van der Waals surface area contributed by atoms with Crippen molar-refractivity contribution in [2.45, 2.75) is 63.1 Å². The highest BCUT2D eigenvalue weighted by molar-refractivity contribution is 6.07. The Hall–Kier alpha value is -3.28. The lowest BCUT2D eigenvalue weighted by Crippen LogP contribution is -2.42. The molecule has 0 bridgehead atoms. The smallest absolute Gasteiger partial charge is 0.381 e. The summed E-state index contributed by atoms with van der Waals surface area (Å²) in [7, 11) is 0. The largest absolute Gasteiger partial charge is 0.435 e. The van der Waals surface area contributed by atoms with E-state index in [-0.39, 0.29) is 29.4 Å². The maximum absolute atomic E-state index is 13.4. The maximum Gasteiger partial charge on any atom is 0.435 e. The lowest BCUT2D eigenvalue weighted by atomic mass is 9.76. The molecular weight excluding hydrogens is 489 g/mol. The highest BCUT2D eigenvalue weighted by Crippen LogP contribution is 2.44. The Morgan fingerprint density at radius 2 is 1.86 bits per heavy atom. The Kier molecular flexibility index (Phi) is 6.78. The van der Waals surface area contributed by atoms with Gasteiger partial charge in [0.1, 0.15) is 17.7 Å². The van der Waals surface area contributed by atoms with E-state index in [9.17, 15) is 22.8 Å². The molecule has 0 radical (unpaired) electrons. The molecule has 1 unspecified atom stereocenters. The van der Waals surface area contributed by atoms with Gasteiger partial charge in [0, 0.05) is 31.0 Å². The number of aromatic nitrogens is 3. The summed E-state index contributed by atoms with van der Waals surface area (Å²) in [6.45, 7) is 3.14. The average molecular weight is 519 g/mol.